The fourth-order valence-electron chi connectivity index (χ4n) is 4.09. The molecule has 1 unspecified atom stereocenters. The molecule has 0 saturated carbocycles. The van der Waals surface area contributed by atoms with Gasteiger partial charge in [-0.2, -0.15) is 0 Å². The summed E-state index contributed by atoms with van der Waals surface area (Å²) in [5.41, 5.74) is 2.78. The second-order valence-corrected chi connectivity index (χ2v) is 8.45. The van der Waals surface area contributed by atoms with Crippen LogP contribution in [0.4, 0.5) is 0 Å². The molecular formula is C27H38O3. The Hall–Kier alpha value is -2.29. The van der Waals surface area contributed by atoms with E-state index in [4.69, 9.17) is 0 Å². The van der Waals surface area contributed by atoms with Crippen LogP contribution in [0.3, 0.4) is 0 Å². The minimum Gasteiger partial charge on any atom is -0.507 e. The average molecular weight is 411 g/mol. The van der Waals surface area contributed by atoms with Gasteiger partial charge in [-0.3, -0.25) is 0 Å². The Balaban J connectivity index is 1.91. The molecule has 2 aromatic carbocycles. The Kier molecular flexibility index (Phi) is 10.5. The Labute approximate surface area is 182 Å². The minimum absolute atomic E-state index is 0.0114. The maximum atomic E-state index is 11.7. The fraction of sp³-hybridized carbons (Fsp3) is 0.519. The molecule has 3 nitrogen and oxygen atoms in total. The van der Waals surface area contributed by atoms with E-state index in [1.807, 2.05) is 43.3 Å². The molecule has 0 fully saturated rings. The van der Waals surface area contributed by atoms with E-state index >= 15 is 0 Å². The van der Waals surface area contributed by atoms with Crippen molar-refractivity contribution in [1.82, 2.24) is 0 Å². The summed E-state index contributed by atoms with van der Waals surface area (Å²) in [7, 11) is 0. The Morgan fingerprint density at radius 2 is 1.43 bits per heavy atom. The van der Waals surface area contributed by atoms with Gasteiger partial charge in [0.15, 0.2) is 0 Å². The third-order valence-electron chi connectivity index (χ3n) is 6.01. The van der Waals surface area contributed by atoms with Gasteiger partial charge >= 0.3 is 5.97 Å². The van der Waals surface area contributed by atoms with Crippen LogP contribution in [0.5, 0.6) is 5.75 Å². The van der Waals surface area contributed by atoms with Gasteiger partial charge in [0.25, 0.3) is 0 Å². The molecule has 0 aromatic heterocycles. The van der Waals surface area contributed by atoms with Crippen LogP contribution in [0, 0.1) is 0 Å². The SMILES string of the molecule is CCCCCCCCCCCCc1cc(C(=O)O)c(O)c(C(C)c2ccccc2)c1. The number of unbranched alkanes of at least 4 members (excludes halogenated alkanes) is 9. The van der Waals surface area contributed by atoms with E-state index in [1.165, 1.54) is 57.8 Å². The van der Waals surface area contributed by atoms with E-state index in [0.29, 0.717) is 5.56 Å². The van der Waals surface area contributed by atoms with Crippen LogP contribution >= 0.6 is 0 Å². The van der Waals surface area contributed by atoms with Crippen molar-refractivity contribution >= 4 is 5.97 Å². The lowest BCUT2D eigenvalue weighted by molar-refractivity contribution is 0.0693. The fourth-order valence-corrected chi connectivity index (χ4v) is 4.09. The summed E-state index contributed by atoms with van der Waals surface area (Å²) in [6.45, 7) is 4.26. The van der Waals surface area contributed by atoms with Crippen LogP contribution < -0.4 is 0 Å². The zero-order valence-corrected chi connectivity index (χ0v) is 18.7. The highest BCUT2D eigenvalue weighted by atomic mass is 16.4. The Morgan fingerprint density at radius 3 is 2.00 bits per heavy atom. The van der Waals surface area contributed by atoms with Crippen molar-refractivity contribution in [3.05, 3.63) is 64.7 Å². The molecule has 3 heteroatoms. The lowest BCUT2D eigenvalue weighted by Gasteiger charge is -2.17. The van der Waals surface area contributed by atoms with Crippen LogP contribution in [-0.2, 0) is 6.42 Å². The van der Waals surface area contributed by atoms with Gasteiger partial charge in [-0.1, -0.05) is 108 Å². The summed E-state index contributed by atoms with van der Waals surface area (Å²) in [5.74, 6) is -1.23. The third kappa shape index (κ3) is 7.51. The maximum Gasteiger partial charge on any atom is 0.339 e. The molecule has 0 radical (unpaired) electrons. The lowest BCUT2D eigenvalue weighted by Crippen LogP contribution is -2.05. The molecule has 2 rings (SSSR count). The van der Waals surface area contributed by atoms with E-state index in [-0.39, 0.29) is 17.2 Å². The van der Waals surface area contributed by atoms with Crippen molar-refractivity contribution in [2.75, 3.05) is 0 Å². The van der Waals surface area contributed by atoms with E-state index in [9.17, 15) is 15.0 Å². The summed E-state index contributed by atoms with van der Waals surface area (Å²) < 4.78 is 0. The average Bonchev–Trinajstić information content (AvgIpc) is 2.75. The normalized spacial score (nSPS) is 12.1. The molecule has 0 heterocycles. The first-order valence-electron chi connectivity index (χ1n) is 11.7. The highest BCUT2D eigenvalue weighted by molar-refractivity contribution is 5.91. The topological polar surface area (TPSA) is 57.5 Å². The summed E-state index contributed by atoms with van der Waals surface area (Å²) >= 11 is 0. The molecule has 0 bridgehead atoms. The van der Waals surface area contributed by atoms with Crippen molar-refractivity contribution in [2.24, 2.45) is 0 Å². The summed E-state index contributed by atoms with van der Waals surface area (Å²) in [6, 6.07) is 13.6. The number of carbonyl (C=O) groups is 1. The second-order valence-electron chi connectivity index (χ2n) is 8.45. The first-order valence-corrected chi connectivity index (χ1v) is 11.7. The van der Waals surface area contributed by atoms with Gasteiger partial charge in [-0.15, -0.1) is 0 Å². The zero-order chi connectivity index (χ0) is 21.8. The maximum absolute atomic E-state index is 11.7. The van der Waals surface area contributed by atoms with Crippen molar-refractivity contribution in [1.29, 1.82) is 0 Å². The number of benzene rings is 2. The number of carboxylic acid groups (broad SMARTS) is 1. The van der Waals surface area contributed by atoms with Crippen LogP contribution in [-0.4, -0.2) is 16.2 Å². The van der Waals surface area contributed by atoms with E-state index < -0.39 is 5.97 Å². The number of hydrogen-bond donors (Lipinski definition) is 2. The molecule has 0 amide bonds. The summed E-state index contributed by atoms with van der Waals surface area (Å²) in [4.78, 5) is 11.7. The van der Waals surface area contributed by atoms with Gasteiger partial charge in [0, 0.05) is 11.5 Å². The van der Waals surface area contributed by atoms with Gasteiger partial charge in [0.1, 0.15) is 11.3 Å². The molecule has 0 aliphatic carbocycles. The molecular weight excluding hydrogens is 372 g/mol. The standard InChI is InChI=1S/C27H38O3/c1-3-4-5-6-7-8-9-10-11-13-16-22-19-24(26(28)25(20-22)27(29)30)21(2)23-17-14-12-15-18-23/h12,14-15,17-21,28H,3-11,13,16H2,1-2H3,(H,29,30). The predicted molar refractivity (Wildman–Crippen MR) is 125 cm³/mol. The van der Waals surface area contributed by atoms with Crippen LogP contribution in [0.25, 0.3) is 0 Å². The molecule has 0 aliphatic rings. The minimum atomic E-state index is -1.07. The number of phenols is 1. The molecule has 0 aliphatic heterocycles. The van der Waals surface area contributed by atoms with Gasteiger partial charge < -0.3 is 10.2 Å². The zero-order valence-electron chi connectivity index (χ0n) is 18.7. The highest BCUT2D eigenvalue weighted by Crippen LogP contribution is 2.35. The summed E-state index contributed by atoms with van der Waals surface area (Å²) in [6.07, 6.45) is 13.7. The first kappa shape index (κ1) is 24.0. The van der Waals surface area contributed by atoms with Gasteiger partial charge in [0.05, 0.1) is 0 Å². The molecule has 30 heavy (non-hydrogen) atoms. The Morgan fingerprint density at radius 1 is 0.867 bits per heavy atom. The van der Waals surface area contributed by atoms with Crippen LogP contribution in [0.1, 0.15) is 111 Å². The lowest BCUT2D eigenvalue weighted by atomic mass is 9.88. The van der Waals surface area contributed by atoms with E-state index in [0.717, 1.165) is 24.0 Å². The number of hydrogen-bond acceptors (Lipinski definition) is 2. The number of rotatable bonds is 14. The number of aromatic carboxylic acids is 1. The number of aromatic hydroxyl groups is 1. The quantitative estimate of drug-likeness (QED) is 0.314. The largest absolute Gasteiger partial charge is 0.507 e. The molecule has 0 saturated heterocycles. The number of carboxylic acids is 1. The predicted octanol–water partition coefficient (Wildman–Crippen LogP) is 7.71. The first-order chi connectivity index (χ1) is 14.5. The molecule has 2 aromatic rings. The van der Waals surface area contributed by atoms with Crippen LogP contribution in [0.2, 0.25) is 0 Å². The molecule has 164 valence electrons. The second kappa shape index (κ2) is 13.1. The third-order valence-corrected chi connectivity index (χ3v) is 6.01. The van der Waals surface area contributed by atoms with Crippen molar-refractivity contribution < 1.29 is 15.0 Å². The monoisotopic (exact) mass is 410 g/mol. The molecule has 0 spiro atoms. The van der Waals surface area contributed by atoms with Gasteiger partial charge in [-0.05, 0) is 30.0 Å². The van der Waals surface area contributed by atoms with E-state index in [1.54, 1.807) is 6.07 Å². The highest BCUT2D eigenvalue weighted by Gasteiger charge is 2.20. The van der Waals surface area contributed by atoms with Crippen LogP contribution in [0.15, 0.2) is 42.5 Å². The molecule has 1 atom stereocenters. The van der Waals surface area contributed by atoms with Gasteiger partial charge in [-0.25, -0.2) is 4.79 Å². The number of aryl methyl sites for hydroxylation is 1. The molecule has 2 N–H and O–H groups in total. The van der Waals surface area contributed by atoms with Crippen molar-refractivity contribution in [2.45, 2.75) is 90.4 Å². The smallest absolute Gasteiger partial charge is 0.339 e. The van der Waals surface area contributed by atoms with E-state index in [2.05, 4.69) is 6.92 Å². The van der Waals surface area contributed by atoms with Crippen molar-refractivity contribution in [3.63, 3.8) is 0 Å². The van der Waals surface area contributed by atoms with Crippen molar-refractivity contribution in [3.8, 4) is 5.75 Å². The summed E-state index contributed by atoms with van der Waals surface area (Å²) in [5, 5.41) is 20.1. The van der Waals surface area contributed by atoms with Gasteiger partial charge in [0.2, 0.25) is 0 Å². The Bertz CT molecular complexity index is 767.